The largest absolute Gasteiger partial charge is 0.481 e. The van der Waals surface area contributed by atoms with Crippen molar-refractivity contribution in [1.82, 2.24) is 9.97 Å². The Hall–Kier alpha value is -2.62. The fourth-order valence-corrected chi connectivity index (χ4v) is 3.45. The van der Waals surface area contributed by atoms with E-state index in [1.54, 1.807) is 0 Å². The van der Waals surface area contributed by atoms with E-state index in [2.05, 4.69) is 61.1 Å². The number of pyridine rings is 1. The molecule has 2 N–H and O–H groups in total. The molecule has 0 unspecified atom stereocenters. The Morgan fingerprint density at radius 2 is 2.00 bits per heavy atom. The van der Waals surface area contributed by atoms with Crippen molar-refractivity contribution in [3.63, 3.8) is 0 Å². The number of carboxylic acids is 1. The number of aromatic nitrogens is 2. The molecule has 1 aliphatic rings. The van der Waals surface area contributed by atoms with E-state index in [0.717, 1.165) is 40.7 Å². The van der Waals surface area contributed by atoms with Crippen molar-refractivity contribution in [1.29, 1.82) is 0 Å². The molecule has 0 amide bonds. The van der Waals surface area contributed by atoms with Crippen LogP contribution in [0.15, 0.2) is 42.6 Å². The first-order chi connectivity index (χ1) is 12.3. The van der Waals surface area contributed by atoms with E-state index in [4.69, 9.17) is 0 Å². The highest BCUT2D eigenvalue weighted by Crippen LogP contribution is 2.48. The van der Waals surface area contributed by atoms with Gasteiger partial charge in [0, 0.05) is 23.2 Å². The van der Waals surface area contributed by atoms with Gasteiger partial charge in [0.1, 0.15) is 0 Å². The third kappa shape index (κ3) is 3.00. The van der Waals surface area contributed by atoms with Gasteiger partial charge in [-0.1, -0.05) is 39.0 Å². The Kier molecular flexibility index (Phi) is 3.69. The molecule has 3 aromatic rings. The summed E-state index contributed by atoms with van der Waals surface area (Å²) in [7, 11) is 0. The third-order valence-electron chi connectivity index (χ3n) is 5.43. The molecule has 0 spiro atoms. The molecule has 0 atom stereocenters. The number of benzene rings is 1. The molecular weight excluding hydrogens is 324 g/mol. The number of hydrogen-bond acceptors (Lipinski definition) is 2. The van der Waals surface area contributed by atoms with E-state index in [-0.39, 0.29) is 5.41 Å². The van der Waals surface area contributed by atoms with Crippen molar-refractivity contribution in [3.8, 4) is 11.3 Å². The molecule has 0 bridgehead atoms. The van der Waals surface area contributed by atoms with Gasteiger partial charge in [0.15, 0.2) is 0 Å². The van der Waals surface area contributed by atoms with Crippen LogP contribution >= 0.6 is 0 Å². The van der Waals surface area contributed by atoms with E-state index in [1.165, 1.54) is 5.56 Å². The summed E-state index contributed by atoms with van der Waals surface area (Å²) in [5.74, 6) is -0.701. The minimum atomic E-state index is -0.701. The van der Waals surface area contributed by atoms with Gasteiger partial charge in [-0.05, 0) is 47.6 Å². The van der Waals surface area contributed by atoms with E-state index in [1.807, 2.05) is 12.3 Å². The van der Waals surface area contributed by atoms with Gasteiger partial charge in [0.25, 0.3) is 0 Å². The van der Waals surface area contributed by atoms with Crippen LogP contribution in [0.1, 0.15) is 44.9 Å². The van der Waals surface area contributed by atoms with Crippen molar-refractivity contribution in [2.24, 2.45) is 5.41 Å². The average molecular weight is 348 g/mol. The minimum Gasteiger partial charge on any atom is -0.481 e. The lowest BCUT2D eigenvalue weighted by Gasteiger charge is -2.19. The first kappa shape index (κ1) is 16.8. The lowest BCUT2D eigenvalue weighted by atomic mass is 9.86. The zero-order valence-electron chi connectivity index (χ0n) is 15.5. The van der Waals surface area contributed by atoms with Crippen LogP contribution in [0.3, 0.4) is 0 Å². The molecule has 4 nitrogen and oxygen atoms in total. The lowest BCUT2D eigenvalue weighted by molar-refractivity contribution is -0.143. The Labute approximate surface area is 153 Å². The fourth-order valence-electron chi connectivity index (χ4n) is 3.45. The van der Waals surface area contributed by atoms with Crippen LogP contribution < -0.4 is 0 Å². The number of carbonyl (C=O) groups is 1. The second-order valence-corrected chi connectivity index (χ2v) is 8.54. The molecule has 1 saturated carbocycles. The summed E-state index contributed by atoms with van der Waals surface area (Å²) in [6, 6.07) is 12.7. The smallest absolute Gasteiger partial charge is 0.310 e. The maximum atomic E-state index is 11.4. The average Bonchev–Trinajstić information content (AvgIpc) is 3.25. The highest BCUT2D eigenvalue weighted by molar-refractivity contribution is 5.86. The second kappa shape index (κ2) is 5.70. The van der Waals surface area contributed by atoms with Crippen molar-refractivity contribution < 1.29 is 9.90 Å². The van der Waals surface area contributed by atoms with Crippen LogP contribution in [0.25, 0.3) is 22.2 Å². The maximum Gasteiger partial charge on any atom is 0.310 e. The zero-order chi connectivity index (χ0) is 18.5. The van der Waals surface area contributed by atoms with Crippen molar-refractivity contribution in [2.75, 3.05) is 0 Å². The predicted octanol–water partition coefficient (Wildman–Crippen LogP) is 4.93. The number of fused-ring (bicyclic) bond motifs is 1. The van der Waals surface area contributed by atoms with Crippen molar-refractivity contribution >= 4 is 16.9 Å². The molecule has 2 heterocycles. The summed E-state index contributed by atoms with van der Waals surface area (Å²) >= 11 is 0. The van der Waals surface area contributed by atoms with Crippen molar-refractivity contribution in [3.05, 3.63) is 53.9 Å². The first-order valence-electron chi connectivity index (χ1n) is 9.09. The summed E-state index contributed by atoms with van der Waals surface area (Å²) in [6.45, 7) is 6.64. The summed E-state index contributed by atoms with van der Waals surface area (Å²) in [6.07, 6.45) is 3.83. The van der Waals surface area contributed by atoms with Gasteiger partial charge in [-0.15, -0.1) is 0 Å². The molecule has 0 saturated heterocycles. The van der Waals surface area contributed by atoms with E-state index in [0.29, 0.717) is 6.42 Å². The van der Waals surface area contributed by atoms with Crippen LogP contribution in [-0.2, 0) is 16.6 Å². The molecule has 0 radical (unpaired) electrons. The molecule has 134 valence electrons. The number of rotatable bonds is 4. The molecular formula is C22H24N2O2. The summed E-state index contributed by atoms with van der Waals surface area (Å²) in [5.41, 5.74) is 4.86. The van der Waals surface area contributed by atoms with Gasteiger partial charge in [0.05, 0.1) is 17.1 Å². The molecule has 1 fully saturated rings. The zero-order valence-corrected chi connectivity index (χ0v) is 15.5. The molecule has 1 aliphatic carbocycles. The normalized spacial score (nSPS) is 16.0. The molecule has 2 aromatic heterocycles. The van der Waals surface area contributed by atoms with Gasteiger partial charge in [0.2, 0.25) is 0 Å². The fraction of sp³-hybridized carbons (Fsp3) is 0.364. The van der Waals surface area contributed by atoms with E-state index < -0.39 is 11.4 Å². The van der Waals surface area contributed by atoms with Crippen molar-refractivity contribution in [2.45, 2.75) is 45.4 Å². The molecule has 1 aromatic carbocycles. The van der Waals surface area contributed by atoms with E-state index >= 15 is 0 Å². The maximum absolute atomic E-state index is 11.4. The number of aliphatic carboxylic acids is 1. The van der Waals surface area contributed by atoms with Crippen LogP contribution in [0.4, 0.5) is 0 Å². The number of nitrogens with zero attached hydrogens (tertiary/aromatic N) is 1. The predicted molar refractivity (Wildman–Crippen MR) is 103 cm³/mol. The monoisotopic (exact) mass is 348 g/mol. The Bertz CT molecular complexity index is 991. The quantitative estimate of drug-likeness (QED) is 0.702. The molecule has 0 aliphatic heterocycles. The number of nitrogens with one attached hydrogen (secondary N) is 1. The number of carboxylic acid groups (broad SMARTS) is 1. The van der Waals surface area contributed by atoms with Gasteiger partial charge in [-0.2, -0.15) is 0 Å². The number of aromatic amines is 1. The first-order valence-corrected chi connectivity index (χ1v) is 9.09. The highest BCUT2D eigenvalue weighted by atomic mass is 16.4. The van der Waals surface area contributed by atoms with E-state index in [9.17, 15) is 9.90 Å². The van der Waals surface area contributed by atoms with Crippen LogP contribution in [0.2, 0.25) is 0 Å². The SMILES string of the molecule is CC(C)(C)c1cccc(-c2cc3cc(CC4(C(=O)O)CC4)ncc3[nH]2)c1. The lowest BCUT2D eigenvalue weighted by Crippen LogP contribution is -2.18. The van der Waals surface area contributed by atoms with Gasteiger partial charge < -0.3 is 10.1 Å². The number of H-pyrrole nitrogens is 1. The molecule has 4 rings (SSSR count). The van der Waals surface area contributed by atoms with Crippen LogP contribution in [-0.4, -0.2) is 21.0 Å². The summed E-state index contributed by atoms with van der Waals surface area (Å²) in [4.78, 5) is 19.3. The van der Waals surface area contributed by atoms with Crippen LogP contribution in [0.5, 0.6) is 0 Å². The molecule has 26 heavy (non-hydrogen) atoms. The summed E-state index contributed by atoms with van der Waals surface area (Å²) in [5, 5.41) is 10.5. The Morgan fingerprint density at radius 3 is 2.65 bits per heavy atom. The Morgan fingerprint density at radius 1 is 1.23 bits per heavy atom. The number of hydrogen-bond donors (Lipinski definition) is 2. The standard InChI is InChI=1S/C22H24N2O2/c1-21(2,3)16-6-4-5-14(9-16)18-11-15-10-17(23-13-19(15)24-18)12-22(7-8-22)20(25)26/h4-6,9-11,13,24H,7-8,12H2,1-3H3,(H,25,26). The Balaban J connectivity index is 1.67. The topological polar surface area (TPSA) is 66.0 Å². The minimum absolute atomic E-state index is 0.103. The molecule has 4 heteroatoms. The summed E-state index contributed by atoms with van der Waals surface area (Å²) < 4.78 is 0. The third-order valence-corrected chi connectivity index (χ3v) is 5.43. The van der Waals surface area contributed by atoms with Crippen LogP contribution in [0, 0.1) is 5.41 Å². The highest BCUT2D eigenvalue weighted by Gasteiger charge is 2.50. The van der Waals surface area contributed by atoms with Gasteiger partial charge in [-0.3, -0.25) is 9.78 Å². The second-order valence-electron chi connectivity index (χ2n) is 8.54. The van der Waals surface area contributed by atoms with Gasteiger partial charge >= 0.3 is 5.97 Å². The van der Waals surface area contributed by atoms with Gasteiger partial charge in [-0.25, -0.2) is 0 Å².